The lowest BCUT2D eigenvalue weighted by atomic mass is 9.81. The van der Waals surface area contributed by atoms with E-state index in [0.717, 1.165) is 0 Å². The molecule has 0 spiro atoms. The zero-order valence-electron chi connectivity index (χ0n) is 13.3. The van der Waals surface area contributed by atoms with Crippen molar-refractivity contribution in [3.63, 3.8) is 0 Å². The van der Waals surface area contributed by atoms with E-state index in [1.165, 1.54) is 38.5 Å². The average molecular weight is 238 g/mol. The molecule has 0 saturated heterocycles. The molecule has 0 N–H and O–H groups in total. The van der Waals surface area contributed by atoms with Gasteiger partial charge in [0.05, 0.1) is 0 Å². The second-order valence-electron chi connectivity index (χ2n) is 7.20. The van der Waals surface area contributed by atoms with Crippen molar-refractivity contribution < 1.29 is 0 Å². The van der Waals surface area contributed by atoms with Crippen LogP contribution in [-0.4, -0.2) is 0 Å². The van der Waals surface area contributed by atoms with Gasteiger partial charge >= 0.3 is 0 Å². The second kappa shape index (κ2) is 7.24. The van der Waals surface area contributed by atoms with Crippen molar-refractivity contribution in [3.8, 4) is 0 Å². The van der Waals surface area contributed by atoms with E-state index in [0.29, 0.717) is 10.8 Å². The molecular formula is C17H34. The molecule has 17 heavy (non-hydrogen) atoms. The number of rotatable bonds is 8. The Hall–Kier alpha value is -0.260. The van der Waals surface area contributed by atoms with Gasteiger partial charge in [0.15, 0.2) is 0 Å². The zero-order valence-corrected chi connectivity index (χ0v) is 13.3. The van der Waals surface area contributed by atoms with Crippen molar-refractivity contribution in [2.24, 2.45) is 10.8 Å². The standard InChI is InChI=1S/C17H34/c1-8-12-17(6,7)13-10-11-15(3)14-16(4,5)9-2/h11H,8-10,12-14H2,1-7H3/b15-11+. The predicted molar refractivity (Wildman–Crippen MR) is 80.4 cm³/mol. The molecule has 0 aromatic rings. The Morgan fingerprint density at radius 2 is 1.53 bits per heavy atom. The molecule has 0 aliphatic carbocycles. The fourth-order valence-corrected chi connectivity index (χ4v) is 2.46. The molecule has 0 unspecified atom stereocenters. The maximum atomic E-state index is 2.47. The van der Waals surface area contributed by atoms with E-state index in [1.54, 1.807) is 5.57 Å². The van der Waals surface area contributed by atoms with Crippen molar-refractivity contribution in [1.82, 2.24) is 0 Å². The summed E-state index contributed by atoms with van der Waals surface area (Å²) in [6, 6.07) is 0. The summed E-state index contributed by atoms with van der Waals surface area (Å²) in [5, 5.41) is 0. The third-order valence-corrected chi connectivity index (χ3v) is 3.96. The third-order valence-electron chi connectivity index (χ3n) is 3.96. The first kappa shape index (κ1) is 16.7. The summed E-state index contributed by atoms with van der Waals surface area (Å²) in [5.41, 5.74) is 2.56. The summed E-state index contributed by atoms with van der Waals surface area (Å²) < 4.78 is 0. The van der Waals surface area contributed by atoms with E-state index < -0.39 is 0 Å². The van der Waals surface area contributed by atoms with Crippen LogP contribution in [-0.2, 0) is 0 Å². The van der Waals surface area contributed by atoms with Crippen LogP contribution in [0.3, 0.4) is 0 Å². The molecule has 0 radical (unpaired) electrons. The minimum absolute atomic E-state index is 0.472. The smallest absolute Gasteiger partial charge is 0.0272 e. The van der Waals surface area contributed by atoms with Crippen LogP contribution in [0.5, 0.6) is 0 Å². The maximum absolute atomic E-state index is 2.47. The Bertz CT molecular complexity index is 230. The summed E-state index contributed by atoms with van der Waals surface area (Å²) in [6.45, 7) is 16.4. The molecule has 0 aliphatic heterocycles. The molecule has 0 heteroatoms. The van der Waals surface area contributed by atoms with Crippen LogP contribution < -0.4 is 0 Å². The van der Waals surface area contributed by atoms with Crippen LogP contribution in [0.4, 0.5) is 0 Å². The number of hydrogen-bond acceptors (Lipinski definition) is 0. The van der Waals surface area contributed by atoms with Gasteiger partial charge in [0.1, 0.15) is 0 Å². The highest BCUT2D eigenvalue weighted by atomic mass is 14.2. The van der Waals surface area contributed by atoms with Gasteiger partial charge in [-0.3, -0.25) is 0 Å². The van der Waals surface area contributed by atoms with Crippen molar-refractivity contribution in [2.45, 2.75) is 87.0 Å². The van der Waals surface area contributed by atoms with Gasteiger partial charge in [0.25, 0.3) is 0 Å². The molecule has 102 valence electrons. The van der Waals surface area contributed by atoms with Crippen LogP contribution in [0, 0.1) is 10.8 Å². The molecule has 0 saturated carbocycles. The van der Waals surface area contributed by atoms with Gasteiger partial charge in [0.2, 0.25) is 0 Å². The largest absolute Gasteiger partial charge is 0.0856 e. The normalized spacial score (nSPS) is 14.2. The molecule has 0 nitrogen and oxygen atoms in total. The van der Waals surface area contributed by atoms with E-state index in [1.807, 2.05) is 0 Å². The van der Waals surface area contributed by atoms with Crippen LogP contribution in [0.15, 0.2) is 11.6 Å². The molecular weight excluding hydrogens is 204 g/mol. The van der Waals surface area contributed by atoms with Crippen LogP contribution in [0.2, 0.25) is 0 Å². The first-order valence-corrected chi connectivity index (χ1v) is 7.38. The number of allylic oxidation sites excluding steroid dienone is 2. The highest BCUT2D eigenvalue weighted by molar-refractivity contribution is 5.01. The van der Waals surface area contributed by atoms with Gasteiger partial charge in [0, 0.05) is 0 Å². The van der Waals surface area contributed by atoms with E-state index in [4.69, 9.17) is 0 Å². The SMILES string of the molecule is CCCC(C)(C)CC/C=C(\C)CC(C)(C)CC. The second-order valence-corrected chi connectivity index (χ2v) is 7.20. The average Bonchev–Trinajstić information content (AvgIpc) is 2.16. The van der Waals surface area contributed by atoms with Gasteiger partial charge in [-0.15, -0.1) is 0 Å². The predicted octanol–water partition coefficient (Wildman–Crippen LogP) is 6.37. The molecule has 0 bridgehead atoms. The van der Waals surface area contributed by atoms with Gasteiger partial charge in [-0.25, -0.2) is 0 Å². The molecule has 0 fully saturated rings. The Balaban J connectivity index is 4.08. The summed E-state index contributed by atoms with van der Waals surface area (Å²) in [5.74, 6) is 0. The van der Waals surface area contributed by atoms with Crippen molar-refractivity contribution in [1.29, 1.82) is 0 Å². The summed E-state index contributed by atoms with van der Waals surface area (Å²) in [7, 11) is 0. The molecule has 0 aromatic carbocycles. The fourth-order valence-electron chi connectivity index (χ4n) is 2.46. The minimum atomic E-state index is 0.472. The quantitative estimate of drug-likeness (QED) is 0.431. The fraction of sp³-hybridized carbons (Fsp3) is 0.882. The van der Waals surface area contributed by atoms with E-state index in [2.05, 4.69) is 54.5 Å². The lowest BCUT2D eigenvalue weighted by molar-refractivity contribution is 0.306. The summed E-state index contributed by atoms with van der Waals surface area (Å²) >= 11 is 0. The lowest BCUT2D eigenvalue weighted by Crippen LogP contribution is -2.11. The minimum Gasteiger partial charge on any atom is -0.0856 e. The van der Waals surface area contributed by atoms with Crippen molar-refractivity contribution >= 4 is 0 Å². The summed E-state index contributed by atoms with van der Waals surface area (Å²) in [4.78, 5) is 0. The highest BCUT2D eigenvalue weighted by Gasteiger charge is 2.17. The van der Waals surface area contributed by atoms with Crippen LogP contribution in [0.1, 0.15) is 87.0 Å². The zero-order chi connectivity index (χ0) is 13.5. The Labute approximate surface area is 110 Å². The molecule has 0 heterocycles. The Morgan fingerprint density at radius 1 is 0.941 bits per heavy atom. The van der Waals surface area contributed by atoms with Crippen LogP contribution in [0.25, 0.3) is 0 Å². The van der Waals surface area contributed by atoms with E-state index in [-0.39, 0.29) is 0 Å². The molecule has 0 aliphatic rings. The first-order valence-electron chi connectivity index (χ1n) is 7.38. The molecule has 0 atom stereocenters. The third kappa shape index (κ3) is 8.46. The monoisotopic (exact) mass is 238 g/mol. The highest BCUT2D eigenvalue weighted by Crippen LogP contribution is 2.31. The maximum Gasteiger partial charge on any atom is -0.0272 e. The van der Waals surface area contributed by atoms with Gasteiger partial charge < -0.3 is 0 Å². The van der Waals surface area contributed by atoms with Crippen LogP contribution >= 0.6 is 0 Å². The van der Waals surface area contributed by atoms with Gasteiger partial charge in [-0.2, -0.15) is 0 Å². The van der Waals surface area contributed by atoms with E-state index >= 15 is 0 Å². The summed E-state index contributed by atoms with van der Waals surface area (Å²) in [6.07, 6.45) is 10.2. The molecule has 0 amide bonds. The lowest BCUT2D eigenvalue weighted by Gasteiger charge is -2.24. The van der Waals surface area contributed by atoms with Crippen molar-refractivity contribution in [2.75, 3.05) is 0 Å². The molecule has 0 aromatic heterocycles. The topological polar surface area (TPSA) is 0 Å². The van der Waals surface area contributed by atoms with Gasteiger partial charge in [-0.1, -0.05) is 66.0 Å². The Kier molecular flexibility index (Phi) is 7.13. The van der Waals surface area contributed by atoms with Gasteiger partial charge in [-0.05, 0) is 43.4 Å². The first-order chi connectivity index (χ1) is 7.72. The Morgan fingerprint density at radius 3 is 2.00 bits per heavy atom. The van der Waals surface area contributed by atoms with Crippen molar-refractivity contribution in [3.05, 3.63) is 11.6 Å². The number of hydrogen-bond donors (Lipinski definition) is 0. The van der Waals surface area contributed by atoms with E-state index in [9.17, 15) is 0 Å². The molecule has 0 rings (SSSR count).